The van der Waals surface area contributed by atoms with E-state index in [0.717, 1.165) is 18.2 Å². The molecule has 0 aromatic heterocycles. The second kappa shape index (κ2) is 6.00. The van der Waals surface area contributed by atoms with E-state index >= 15 is 0 Å². The lowest BCUT2D eigenvalue weighted by Gasteiger charge is -2.16. The van der Waals surface area contributed by atoms with Crippen molar-refractivity contribution in [1.29, 1.82) is 0 Å². The summed E-state index contributed by atoms with van der Waals surface area (Å²) >= 11 is 0. The normalized spacial score (nSPS) is 11.7. The van der Waals surface area contributed by atoms with E-state index in [1.807, 2.05) is 0 Å². The number of primary amides is 1. The molecule has 0 heterocycles. The molecule has 1 amide bonds. The van der Waals surface area contributed by atoms with Crippen molar-refractivity contribution in [3.05, 3.63) is 70.0 Å². The van der Waals surface area contributed by atoms with Crippen LogP contribution in [-0.2, 0) is 4.79 Å². The zero-order chi connectivity index (χ0) is 15.4. The molecule has 2 rings (SSSR count). The van der Waals surface area contributed by atoms with Gasteiger partial charge in [0.05, 0.1) is 4.92 Å². The van der Waals surface area contributed by atoms with Gasteiger partial charge >= 0.3 is 5.69 Å². The lowest BCUT2D eigenvalue weighted by molar-refractivity contribution is -0.386. The fourth-order valence-corrected chi connectivity index (χ4v) is 1.78. The predicted octanol–water partition coefficient (Wildman–Crippen LogP) is 2.34. The topological polar surface area (TPSA) is 95.5 Å². The molecule has 0 fully saturated rings. The van der Waals surface area contributed by atoms with E-state index < -0.39 is 28.4 Å². The number of halogens is 1. The summed E-state index contributed by atoms with van der Waals surface area (Å²) in [5, 5.41) is 10.9. The Morgan fingerprint density at radius 1 is 1.24 bits per heavy atom. The first kappa shape index (κ1) is 14.4. The number of hydrogen-bond acceptors (Lipinski definition) is 4. The summed E-state index contributed by atoms with van der Waals surface area (Å²) in [6.07, 6.45) is -1.24. The molecule has 1 atom stereocenters. The number of nitro groups is 1. The zero-order valence-electron chi connectivity index (χ0n) is 10.7. The minimum absolute atomic E-state index is 0.354. The molecule has 2 aromatic rings. The number of amides is 1. The monoisotopic (exact) mass is 290 g/mol. The highest BCUT2D eigenvalue weighted by molar-refractivity contribution is 5.81. The Labute approximate surface area is 119 Å². The van der Waals surface area contributed by atoms with Crippen LogP contribution in [0.25, 0.3) is 0 Å². The van der Waals surface area contributed by atoms with Crippen LogP contribution in [-0.4, -0.2) is 10.8 Å². The second-order valence-electron chi connectivity index (χ2n) is 4.18. The van der Waals surface area contributed by atoms with Crippen molar-refractivity contribution in [2.45, 2.75) is 6.10 Å². The van der Waals surface area contributed by atoms with E-state index in [0.29, 0.717) is 5.56 Å². The molecule has 0 saturated heterocycles. The molecule has 0 radical (unpaired) electrons. The third-order valence-corrected chi connectivity index (χ3v) is 2.72. The molecule has 0 bridgehead atoms. The van der Waals surface area contributed by atoms with E-state index in [2.05, 4.69) is 0 Å². The summed E-state index contributed by atoms with van der Waals surface area (Å²) in [6, 6.07) is 11.0. The Balaban J connectivity index is 2.40. The van der Waals surface area contributed by atoms with Crippen molar-refractivity contribution in [2.75, 3.05) is 0 Å². The van der Waals surface area contributed by atoms with Crippen LogP contribution < -0.4 is 10.5 Å². The van der Waals surface area contributed by atoms with Crippen molar-refractivity contribution in [1.82, 2.24) is 0 Å². The highest BCUT2D eigenvalue weighted by Crippen LogP contribution is 2.31. The first-order valence-corrected chi connectivity index (χ1v) is 5.94. The molecular weight excluding hydrogens is 279 g/mol. The molecule has 0 aliphatic carbocycles. The van der Waals surface area contributed by atoms with Crippen molar-refractivity contribution in [3.8, 4) is 5.75 Å². The van der Waals surface area contributed by atoms with Gasteiger partial charge in [0, 0.05) is 17.7 Å². The van der Waals surface area contributed by atoms with E-state index in [9.17, 15) is 19.3 Å². The van der Waals surface area contributed by atoms with Crippen LogP contribution in [0, 0.1) is 15.9 Å². The third-order valence-electron chi connectivity index (χ3n) is 2.72. The largest absolute Gasteiger partial charge is 0.468 e. The van der Waals surface area contributed by atoms with E-state index in [1.54, 1.807) is 30.3 Å². The minimum Gasteiger partial charge on any atom is -0.468 e. The maximum absolute atomic E-state index is 13.2. The van der Waals surface area contributed by atoms with Crippen LogP contribution in [0.4, 0.5) is 10.1 Å². The van der Waals surface area contributed by atoms with Crippen molar-refractivity contribution < 1.29 is 18.8 Å². The number of benzene rings is 2. The molecule has 0 aliphatic rings. The summed E-state index contributed by atoms with van der Waals surface area (Å²) in [4.78, 5) is 21.7. The fourth-order valence-electron chi connectivity index (χ4n) is 1.78. The van der Waals surface area contributed by atoms with E-state index in [4.69, 9.17) is 10.5 Å². The Bertz CT molecular complexity index is 676. The van der Waals surface area contributed by atoms with Gasteiger partial charge in [0.15, 0.2) is 0 Å². The maximum atomic E-state index is 13.2. The Morgan fingerprint density at radius 2 is 1.90 bits per heavy atom. The molecule has 1 unspecified atom stereocenters. The Morgan fingerprint density at radius 3 is 2.48 bits per heavy atom. The molecule has 21 heavy (non-hydrogen) atoms. The number of nitrogens with zero attached hydrogens (tertiary/aromatic N) is 1. The average Bonchev–Trinajstić information content (AvgIpc) is 2.45. The molecule has 0 spiro atoms. The minimum atomic E-state index is -1.24. The van der Waals surface area contributed by atoms with Crippen molar-refractivity contribution in [3.63, 3.8) is 0 Å². The number of carbonyl (C=O) groups is 1. The van der Waals surface area contributed by atoms with Crippen molar-refractivity contribution in [2.24, 2.45) is 5.73 Å². The van der Waals surface area contributed by atoms with Gasteiger partial charge in [-0.2, -0.15) is 0 Å². The van der Waals surface area contributed by atoms with E-state index in [-0.39, 0.29) is 5.75 Å². The van der Waals surface area contributed by atoms with Gasteiger partial charge in [0.2, 0.25) is 11.9 Å². The molecule has 108 valence electrons. The number of carbonyl (C=O) groups excluding carboxylic acids is 1. The molecule has 2 N–H and O–H groups in total. The molecule has 6 nitrogen and oxygen atoms in total. The molecule has 0 aliphatic heterocycles. The quantitative estimate of drug-likeness (QED) is 0.675. The SMILES string of the molecule is NC(=O)C(Oc1cc(F)ccc1[N+](=O)[O-])c1ccccc1. The van der Waals surface area contributed by atoms with Gasteiger partial charge in [-0.25, -0.2) is 4.39 Å². The van der Waals surface area contributed by atoms with Crippen LogP contribution in [0.3, 0.4) is 0 Å². The molecule has 0 saturated carbocycles. The van der Waals surface area contributed by atoms with Crippen molar-refractivity contribution >= 4 is 11.6 Å². The van der Waals surface area contributed by atoms with Gasteiger partial charge in [0.1, 0.15) is 5.82 Å². The van der Waals surface area contributed by atoms with Gasteiger partial charge in [-0.05, 0) is 6.07 Å². The van der Waals surface area contributed by atoms with Gasteiger partial charge in [-0.1, -0.05) is 30.3 Å². The van der Waals surface area contributed by atoms with Gasteiger partial charge in [-0.15, -0.1) is 0 Å². The Hall–Kier alpha value is -2.96. The fraction of sp³-hybridized carbons (Fsp3) is 0.0714. The smallest absolute Gasteiger partial charge is 0.311 e. The average molecular weight is 290 g/mol. The highest BCUT2D eigenvalue weighted by atomic mass is 19.1. The molecular formula is C14H11FN2O4. The van der Waals surface area contributed by atoms with Crippen LogP contribution in [0.15, 0.2) is 48.5 Å². The summed E-state index contributed by atoms with van der Waals surface area (Å²) in [5.74, 6) is -1.90. The van der Waals surface area contributed by atoms with Crippen LogP contribution in [0.5, 0.6) is 5.75 Å². The zero-order valence-corrected chi connectivity index (χ0v) is 10.7. The van der Waals surface area contributed by atoms with Gasteiger partial charge in [-0.3, -0.25) is 14.9 Å². The third kappa shape index (κ3) is 3.33. The number of hydrogen-bond donors (Lipinski definition) is 1. The van der Waals surface area contributed by atoms with Gasteiger partial charge < -0.3 is 10.5 Å². The first-order chi connectivity index (χ1) is 9.99. The summed E-state index contributed by atoms with van der Waals surface area (Å²) < 4.78 is 18.5. The van der Waals surface area contributed by atoms with Crippen LogP contribution in [0.2, 0.25) is 0 Å². The number of ether oxygens (including phenoxy) is 1. The summed E-state index contributed by atoms with van der Waals surface area (Å²) in [7, 11) is 0. The second-order valence-corrected chi connectivity index (χ2v) is 4.18. The summed E-state index contributed by atoms with van der Waals surface area (Å²) in [6.45, 7) is 0. The van der Waals surface area contributed by atoms with Crippen LogP contribution >= 0.6 is 0 Å². The Kier molecular flexibility index (Phi) is 4.13. The van der Waals surface area contributed by atoms with E-state index in [1.165, 1.54) is 0 Å². The number of nitro benzene ring substituents is 1. The lowest BCUT2D eigenvalue weighted by atomic mass is 10.1. The highest BCUT2D eigenvalue weighted by Gasteiger charge is 2.24. The number of rotatable bonds is 5. The van der Waals surface area contributed by atoms with Gasteiger partial charge in [0.25, 0.3) is 5.91 Å². The standard InChI is InChI=1S/C14H11FN2O4/c15-10-6-7-11(17(19)20)12(8-10)21-13(14(16)18)9-4-2-1-3-5-9/h1-8,13H,(H2,16,18). The first-order valence-electron chi connectivity index (χ1n) is 5.94. The van der Waals surface area contributed by atoms with Crippen LogP contribution in [0.1, 0.15) is 11.7 Å². The summed E-state index contributed by atoms with van der Waals surface area (Å²) in [5.41, 5.74) is 5.23. The lowest BCUT2D eigenvalue weighted by Crippen LogP contribution is -2.26. The molecule has 2 aromatic carbocycles. The predicted molar refractivity (Wildman–Crippen MR) is 72.1 cm³/mol. The molecule has 7 heteroatoms. The number of nitrogens with two attached hydrogens (primary N) is 1. The maximum Gasteiger partial charge on any atom is 0.311 e.